The lowest BCUT2D eigenvalue weighted by Crippen LogP contribution is -2.41. The van der Waals surface area contributed by atoms with Crippen molar-refractivity contribution in [1.29, 1.82) is 0 Å². The summed E-state index contributed by atoms with van der Waals surface area (Å²) < 4.78 is 5.34. The standard InChI is InChI=1S/C22H33N3O4/c1-7-19(26)24-18-11-8-17(9-12-18)10-13-20(27)23-15-14-16(2)25(6)21(28)29-22(3,4)5/h7-9,11-12,16H,1,10,13-15H2,2-6H3,(H,23,27)(H,24,26). The SMILES string of the molecule is C=CC(=O)Nc1ccc(CCC(=O)NCCC(C)N(C)C(=O)OC(C)(C)C)cc1. The number of nitrogens with one attached hydrogen (secondary N) is 2. The van der Waals surface area contributed by atoms with E-state index in [4.69, 9.17) is 4.74 Å². The van der Waals surface area contributed by atoms with E-state index in [0.29, 0.717) is 31.5 Å². The quantitative estimate of drug-likeness (QED) is 0.618. The molecule has 0 saturated carbocycles. The predicted octanol–water partition coefficient (Wildman–Crippen LogP) is 3.51. The summed E-state index contributed by atoms with van der Waals surface area (Å²) in [5, 5.41) is 5.56. The molecular formula is C22H33N3O4. The average molecular weight is 404 g/mol. The van der Waals surface area contributed by atoms with Crippen molar-refractivity contribution in [1.82, 2.24) is 10.2 Å². The van der Waals surface area contributed by atoms with Crippen LogP contribution >= 0.6 is 0 Å². The van der Waals surface area contributed by atoms with Crippen molar-refractivity contribution >= 4 is 23.6 Å². The van der Waals surface area contributed by atoms with Gasteiger partial charge in [0.1, 0.15) is 5.60 Å². The summed E-state index contributed by atoms with van der Waals surface area (Å²) in [6.07, 6.45) is 2.46. The third-order valence-electron chi connectivity index (χ3n) is 4.27. The van der Waals surface area contributed by atoms with Crippen LogP contribution in [0.5, 0.6) is 0 Å². The zero-order valence-electron chi connectivity index (χ0n) is 18.1. The highest BCUT2D eigenvalue weighted by molar-refractivity contribution is 5.98. The highest BCUT2D eigenvalue weighted by Gasteiger charge is 2.22. The maximum atomic E-state index is 12.1. The molecule has 0 heterocycles. The Bertz CT molecular complexity index is 708. The first-order chi connectivity index (χ1) is 13.5. The summed E-state index contributed by atoms with van der Waals surface area (Å²) in [4.78, 5) is 36.9. The molecular weight excluding hydrogens is 370 g/mol. The second-order valence-corrected chi connectivity index (χ2v) is 7.97. The minimum absolute atomic E-state index is 0.0406. The zero-order valence-corrected chi connectivity index (χ0v) is 18.1. The van der Waals surface area contributed by atoms with Gasteiger partial charge in [-0.25, -0.2) is 4.79 Å². The second-order valence-electron chi connectivity index (χ2n) is 7.97. The van der Waals surface area contributed by atoms with E-state index in [2.05, 4.69) is 17.2 Å². The number of hydrogen-bond donors (Lipinski definition) is 2. The number of carbonyl (C=O) groups is 3. The molecule has 1 atom stereocenters. The third-order valence-corrected chi connectivity index (χ3v) is 4.27. The monoisotopic (exact) mass is 403 g/mol. The minimum Gasteiger partial charge on any atom is -0.444 e. The van der Waals surface area contributed by atoms with Gasteiger partial charge in [0.25, 0.3) is 0 Å². The van der Waals surface area contributed by atoms with Crippen molar-refractivity contribution in [2.24, 2.45) is 0 Å². The molecule has 7 nitrogen and oxygen atoms in total. The first-order valence-electron chi connectivity index (χ1n) is 9.76. The Morgan fingerprint density at radius 3 is 2.38 bits per heavy atom. The molecule has 1 aromatic rings. The summed E-state index contributed by atoms with van der Waals surface area (Å²) in [7, 11) is 1.70. The molecule has 0 spiro atoms. The van der Waals surface area contributed by atoms with Crippen LogP contribution in [0.25, 0.3) is 0 Å². The summed E-state index contributed by atoms with van der Waals surface area (Å²) in [5.41, 5.74) is 1.16. The molecule has 29 heavy (non-hydrogen) atoms. The normalized spacial score (nSPS) is 11.9. The van der Waals surface area contributed by atoms with Gasteiger partial charge in [0.05, 0.1) is 0 Å². The topological polar surface area (TPSA) is 87.7 Å². The Balaban J connectivity index is 2.32. The number of hydrogen-bond acceptors (Lipinski definition) is 4. The molecule has 7 heteroatoms. The Hall–Kier alpha value is -2.83. The number of aryl methyl sites for hydroxylation is 1. The number of benzene rings is 1. The van der Waals surface area contributed by atoms with Gasteiger partial charge in [0.15, 0.2) is 0 Å². The Morgan fingerprint density at radius 1 is 1.21 bits per heavy atom. The molecule has 3 amide bonds. The highest BCUT2D eigenvalue weighted by atomic mass is 16.6. The van der Waals surface area contributed by atoms with Crippen molar-refractivity contribution in [2.75, 3.05) is 18.9 Å². The third kappa shape index (κ3) is 9.78. The summed E-state index contributed by atoms with van der Waals surface area (Å²) in [5.74, 6) is -0.301. The van der Waals surface area contributed by atoms with Gasteiger partial charge < -0.3 is 20.3 Å². The Kier molecular flexibility index (Phi) is 9.38. The Labute approximate surface area is 173 Å². The molecule has 1 rings (SSSR count). The zero-order chi connectivity index (χ0) is 22.0. The summed E-state index contributed by atoms with van der Waals surface area (Å²) in [6, 6.07) is 7.29. The molecule has 0 aliphatic carbocycles. The fourth-order valence-electron chi connectivity index (χ4n) is 2.42. The van der Waals surface area contributed by atoms with Crippen molar-refractivity contribution in [3.8, 4) is 0 Å². The fourth-order valence-corrected chi connectivity index (χ4v) is 2.42. The number of carbonyl (C=O) groups excluding carboxylic acids is 3. The van der Waals surface area contributed by atoms with Crippen LogP contribution in [0.4, 0.5) is 10.5 Å². The van der Waals surface area contributed by atoms with Gasteiger partial charge in [-0.15, -0.1) is 0 Å². The van der Waals surface area contributed by atoms with Crippen LogP contribution in [0.15, 0.2) is 36.9 Å². The molecule has 1 unspecified atom stereocenters. The van der Waals surface area contributed by atoms with Gasteiger partial charge in [-0.05, 0) is 64.3 Å². The van der Waals surface area contributed by atoms with Crippen LogP contribution in [0.1, 0.15) is 46.1 Å². The Morgan fingerprint density at radius 2 is 1.83 bits per heavy atom. The van der Waals surface area contributed by atoms with E-state index in [1.807, 2.05) is 39.8 Å². The first kappa shape index (κ1) is 24.2. The van der Waals surface area contributed by atoms with Crippen LogP contribution < -0.4 is 10.6 Å². The van der Waals surface area contributed by atoms with E-state index < -0.39 is 5.60 Å². The van der Waals surface area contributed by atoms with Crippen molar-refractivity contribution < 1.29 is 19.1 Å². The number of anilines is 1. The molecule has 0 radical (unpaired) electrons. The lowest BCUT2D eigenvalue weighted by atomic mass is 10.1. The molecule has 0 saturated heterocycles. The molecule has 0 aromatic heterocycles. The van der Waals surface area contributed by atoms with E-state index in [-0.39, 0.29) is 23.9 Å². The van der Waals surface area contributed by atoms with E-state index in [9.17, 15) is 14.4 Å². The van der Waals surface area contributed by atoms with Crippen LogP contribution in [-0.2, 0) is 20.7 Å². The van der Waals surface area contributed by atoms with Gasteiger partial charge in [-0.1, -0.05) is 18.7 Å². The lowest BCUT2D eigenvalue weighted by molar-refractivity contribution is -0.121. The smallest absolute Gasteiger partial charge is 0.410 e. The summed E-state index contributed by atoms with van der Waals surface area (Å²) >= 11 is 0. The largest absolute Gasteiger partial charge is 0.444 e. The maximum Gasteiger partial charge on any atom is 0.410 e. The van der Waals surface area contributed by atoms with E-state index in [1.165, 1.54) is 6.08 Å². The molecule has 0 fully saturated rings. The minimum atomic E-state index is -0.533. The molecule has 160 valence electrons. The van der Waals surface area contributed by atoms with E-state index in [1.54, 1.807) is 24.1 Å². The predicted molar refractivity (Wildman–Crippen MR) is 115 cm³/mol. The van der Waals surface area contributed by atoms with Gasteiger partial charge in [0, 0.05) is 31.7 Å². The summed E-state index contributed by atoms with van der Waals surface area (Å²) in [6.45, 7) is 11.3. The fraction of sp³-hybridized carbons (Fsp3) is 0.500. The van der Waals surface area contributed by atoms with E-state index >= 15 is 0 Å². The number of amides is 3. The molecule has 2 N–H and O–H groups in total. The van der Waals surface area contributed by atoms with Gasteiger partial charge in [0.2, 0.25) is 11.8 Å². The molecule has 1 aromatic carbocycles. The molecule has 0 aliphatic rings. The van der Waals surface area contributed by atoms with Crippen molar-refractivity contribution in [3.05, 3.63) is 42.5 Å². The van der Waals surface area contributed by atoms with Gasteiger partial charge >= 0.3 is 6.09 Å². The van der Waals surface area contributed by atoms with Crippen LogP contribution in [0.2, 0.25) is 0 Å². The van der Waals surface area contributed by atoms with Crippen molar-refractivity contribution in [3.63, 3.8) is 0 Å². The highest BCUT2D eigenvalue weighted by Crippen LogP contribution is 2.12. The molecule has 0 aliphatic heterocycles. The van der Waals surface area contributed by atoms with Crippen LogP contribution in [0.3, 0.4) is 0 Å². The second kappa shape index (κ2) is 11.2. The van der Waals surface area contributed by atoms with Gasteiger partial charge in [-0.3, -0.25) is 9.59 Å². The molecule has 0 bridgehead atoms. The van der Waals surface area contributed by atoms with E-state index in [0.717, 1.165) is 5.56 Å². The van der Waals surface area contributed by atoms with Crippen molar-refractivity contribution in [2.45, 2.75) is 58.6 Å². The number of ether oxygens (including phenoxy) is 1. The maximum absolute atomic E-state index is 12.1. The number of rotatable bonds is 9. The van der Waals surface area contributed by atoms with Gasteiger partial charge in [-0.2, -0.15) is 0 Å². The first-order valence-corrected chi connectivity index (χ1v) is 9.76. The number of nitrogens with zero attached hydrogens (tertiary/aromatic N) is 1. The van der Waals surface area contributed by atoms with Crippen LogP contribution in [-0.4, -0.2) is 48.0 Å². The van der Waals surface area contributed by atoms with Crippen LogP contribution in [0, 0.1) is 0 Å². The lowest BCUT2D eigenvalue weighted by Gasteiger charge is -2.28. The average Bonchev–Trinajstić information content (AvgIpc) is 2.65.